The third-order valence-corrected chi connectivity index (χ3v) is 3.52. The zero-order chi connectivity index (χ0) is 17.0. The van der Waals surface area contributed by atoms with Crippen molar-refractivity contribution in [3.8, 4) is 11.6 Å². The maximum Gasteiger partial charge on any atom is 0.357 e. The molecule has 2 rings (SSSR count). The summed E-state index contributed by atoms with van der Waals surface area (Å²) in [5.41, 5.74) is -0.295. The van der Waals surface area contributed by atoms with Gasteiger partial charge in [-0.2, -0.15) is 0 Å². The lowest BCUT2D eigenvalue weighted by Gasteiger charge is -2.09. The van der Waals surface area contributed by atoms with Crippen molar-refractivity contribution in [1.82, 2.24) is 4.98 Å². The Hall–Kier alpha value is -2.74. The summed E-state index contributed by atoms with van der Waals surface area (Å²) in [4.78, 5) is 37.5. The fourth-order valence-electron chi connectivity index (χ4n) is 1.72. The van der Waals surface area contributed by atoms with Gasteiger partial charge < -0.3 is 14.6 Å². The van der Waals surface area contributed by atoms with Gasteiger partial charge in [0.05, 0.1) is 12.7 Å². The average Bonchev–Trinajstić information content (AvgIpc) is 2.55. The molecule has 0 aliphatic rings. The number of carboxylic acid groups (broad SMARTS) is 1. The molecule has 0 aliphatic heterocycles. The third-order valence-electron chi connectivity index (χ3n) is 2.80. The molecule has 0 radical (unpaired) electrons. The molecule has 8 heteroatoms. The maximum absolute atomic E-state index is 11.6. The van der Waals surface area contributed by atoms with E-state index in [9.17, 15) is 14.4 Å². The molecule has 0 aliphatic carbocycles. The normalized spacial score (nSPS) is 10.0. The van der Waals surface area contributed by atoms with Gasteiger partial charge in [-0.15, -0.1) is 0 Å². The van der Waals surface area contributed by atoms with Crippen molar-refractivity contribution >= 4 is 34.2 Å². The lowest BCUT2D eigenvalue weighted by Crippen LogP contribution is -2.12. The van der Waals surface area contributed by atoms with Crippen molar-refractivity contribution in [2.75, 3.05) is 7.11 Å². The number of methoxy groups -OCH3 is 1. The Balaban J connectivity index is 2.39. The number of benzene rings is 1. The Kier molecular flexibility index (Phi) is 5.07. The van der Waals surface area contributed by atoms with Crippen LogP contribution in [-0.4, -0.2) is 35.4 Å². The van der Waals surface area contributed by atoms with Gasteiger partial charge in [-0.05, 0) is 24.3 Å². The number of hydrogen-bond donors (Lipinski definition) is 1. The number of aromatic nitrogens is 1. The largest absolute Gasteiger partial charge is 0.478 e. The highest BCUT2D eigenvalue weighted by Gasteiger charge is 2.20. The highest BCUT2D eigenvalue weighted by atomic mass is 79.9. The first-order valence-corrected chi connectivity index (χ1v) is 7.00. The number of carbonyl (C=O) groups excluding carboxylic acids is 2. The Morgan fingerprint density at radius 3 is 2.61 bits per heavy atom. The standard InChI is InChI=1S/C15H10BrNO6/c1-22-15(21)13-10(14(19)20)3-5-12(17-13)23-9-2-4-11(16)8(6-9)7-18/h2-7H,1H3,(H,19,20). The molecule has 0 fully saturated rings. The molecular weight excluding hydrogens is 370 g/mol. The van der Waals surface area contributed by atoms with Gasteiger partial charge in [0.1, 0.15) is 5.75 Å². The van der Waals surface area contributed by atoms with Gasteiger partial charge in [-0.3, -0.25) is 4.79 Å². The van der Waals surface area contributed by atoms with Crippen molar-refractivity contribution in [2.45, 2.75) is 0 Å². The van der Waals surface area contributed by atoms with E-state index in [4.69, 9.17) is 9.84 Å². The van der Waals surface area contributed by atoms with Crippen molar-refractivity contribution in [1.29, 1.82) is 0 Å². The van der Waals surface area contributed by atoms with Crippen LogP contribution < -0.4 is 4.74 Å². The van der Waals surface area contributed by atoms with Crippen LogP contribution in [0.1, 0.15) is 31.2 Å². The van der Waals surface area contributed by atoms with E-state index >= 15 is 0 Å². The van der Waals surface area contributed by atoms with Crippen LogP contribution in [0, 0.1) is 0 Å². The number of hydrogen-bond acceptors (Lipinski definition) is 6. The predicted molar refractivity (Wildman–Crippen MR) is 82.1 cm³/mol. The van der Waals surface area contributed by atoms with Gasteiger partial charge in [0.2, 0.25) is 5.88 Å². The average molecular weight is 380 g/mol. The summed E-state index contributed by atoms with van der Waals surface area (Å²) >= 11 is 3.21. The fourth-order valence-corrected chi connectivity index (χ4v) is 2.06. The molecule has 1 N–H and O–H groups in total. The quantitative estimate of drug-likeness (QED) is 0.628. The van der Waals surface area contributed by atoms with Crippen LogP contribution in [0.4, 0.5) is 0 Å². The zero-order valence-electron chi connectivity index (χ0n) is 11.8. The minimum Gasteiger partial charge on any atom is -0.478 e. The Morgan fingerprint density at radius 1 is 1.26 bits per heavy atom. The molecule has 1 aromatic heterocycles. The second kappa shape index (κ2) is 7.01. The molecule has 1 aromatic carbocycles. The minimum atomic E-state index is -1.31. The molecular formula is C15H10BrNO6. The summed E-state index contributed by atoms with van der Waals surface area (Å²) < 4.78 is 10.6. The number of carboxylic acids is 1. The predicted octanol–water partition coefficient (Wildman–Crippen LogP) is 2.93. The Morgan fingerprint density at radius 2 is 2.00 bits per heavy atom. The molecule has 0 spiro atoms. The van der Waals surface area contributed by atoms with E-state index in [1.165, 1.54) is 18.2 Å². The van der Waals surface area contributed by atoms with Crippen LogP contribution in [-0.2, 0) is 4.74 Å². The number of aromatic carboxylic acids is 1. The van der Waals surface area contributed by atoms with Gasteiger partial charge >= 0.3 is 11.9 Å². The van der Waals surface area contributed by atoms with E-state index in [-0.39, 0.29) is 17.1 Å². The number of carbonyl (C=O) groups is 3. The van der Waals surface area contributed by atoms with Crippen molar-refractivity contribution in [3.05, 3.63) is 51.6 Å². The fraction of sp³-hybridized carbons (Fsp3) is 0.0667. The molecule has 23 heavy (non-hydrogen) atoms. The van der Waals surface area contributed by atoms with E-state index in [0.29, 0.717) is 22.1 Å². The second-order valence-corrected chi connectivity index (χ2v) is 5.10. The molecule has 2 aromatic rings. The van der Waals surface area contributed by atoms with E-state index in [1.54, 1.807) is 12.1 Å². The molecule has 0 saturated heterocycles. The molecule has 0 amide bonds. The number of ether oxygens (including phenoxy) is 2. The zero-order valence-corrected chi connectivity index (χ0v) is 13.4. The van der Waals surface area contributed by atoms with Crippen LogP contribution in [0.5, 0.6) is 11.6 Å². The summed E-state index contributed by atoms with van der Waals surface area (Å²) in [6.45, 7) is 0. The summed E-state index contributed by atoms with van der Waals surface area (Å²) in [5.74, 6) is -1.90. The monoisotopic (exact) mass is 379 g/mol. The molecule has 118 valence electrons. The first-order chi connectivity index (χ1) is 11.0. The van der Waals surface area contributed by atoms with Gasteiger partial charge in [0.25, 0.3) is 0 Å². The molecule has 1 heterocycles. The Bertz CT molecular complexity index is 790. The SMILES string of the molecule is COC(=O)c1nc(Oc2ccc(Br)c(C=O)c2)ccc1C(=O)O. The van der Waals surface area contributed by atoms with Gasteiger partial charge in [-0.1, -0.05) is 15.9 Å². The lowest BCUT2D eigenvalue weighted by molar-refractivity contribution is 0.0574. The van der Waals surface area contributed by atoms with E-state index < -0.39 is 11.9 Å². The van der Waals surface area contributed by atoms with E-state index in [2.05, 4.69) is 25.7 Å². The van der Waals surface area contributed by atoms with Crippen molar-refractivity contribution in [3.63, 3.8) is 0 Å². The summed E-state index contributed by atoms with van der Waals surface area (Å²) in [6.07, 6.45) is 0.651. The van der Waals surface area contributed by atoms with Crippen molar-refractivity contribution < 1.29 is 29.0 Å². The van der Waals surface area contributed by atoms with Crippen LogP contribution in [0.15, 0.2) is 34.8 Å². The molecule has 0 atom stereocenters. The lowest BCUT2D eigenvalue weighted by atomic mass is 10.2. The molecule has 0 saturated carbocycles. The van der Waals surface area contributed by atoms with Crippen LogP contribution in [0.3, 0.4) is 0 Å². The summed E-state index contributed by atoms with van der Waals surface area (Å²) in [6, 6.07) is 7.17. The van der Waals surface area contributed by atoms with Gasteiger partial charge in [0.15, 0.2) is 12.0 Å². The van der Waals surface area contributed by atoms with Gasteiger partial charge in [0, 0.05) is 16.1 Å². The van der Waals surface area contributed by atoms with Crippen molar-refractivity contribution in [2.24, 2.45) is 0 Å². The molecule has 0 unspecified atom stereocenters. The number of pyridine rings is 1. The van der Waals surface area contributed by atoms with E-state index in [0.717, 1.165) is 7.11 Å². The summed E-state index contributed by atoms with van der Waals surface area (Å²) in [5, 5.41) is 9.06. The smallest absolute Gasteiger partial charge is 0.357 e. The van der Waals surface area contributed by atoms with Crippen LogP contribution in [0.2, 0.25) is 0 Å². The number of halogens is 1. The van der Waals surface area contributed by atoms with Crippen LogP contribution >= 0.6 is 15.9 Å². The van der Waals surface area contributed by atoms with Gasteiger partial charge in [-0.25, -0.2) is 14.6 Å². The maximum atomic E-state index is 11.6. The van der Waals surface area contributed by atoms with Crippen LogP contribution in [0.25, 0.3) is 0 Å². The highest BCUT2D eigenvalue weighted by molar-refractivity contribution is 9.10. The topological polar surface area (TPSA) is 103 Å². The summed E-state index contributed by atoms with van der Waals surface area (Å²) in [7, 11) is 1.12. The third kappa shape index (κ3) is 3.72. The molecule has 0 bridgehead atoms. The number of rotatable bonds is 5. The molecule has 7 nitrogen and oxygen atoms in total. The first kappa shape index (κ1) is 16.6. The number of nitrogens with zero attached hydrogens (tertiary/aromatic N) is 1. The second-order valence-electron chi connectivity index (χ2n) is 4.25. The highest BCUT2D eigenvalue weighted by Crippen LogP contribution is 2.25. The Labute approximate surface area is 139 Å². The number of aldehydes is 1. The first-order valence-electron chi connectivity index (χ1n) is 6.21. The minimum absolute atomic E-state index is 0.00503. The number of esters is 1. The van der Waals surface area contributed by atoms with E-state index in [1.807, 2.05) is 0 Å².